The average Bonchev–Trinajstić information content (AvgIpc) is 0.990. The molecular weight excluding hydrogens is 1290 g/mol. The molecule has 0 aliphatic carbocycles. The van der Waals surface area contributed by atoms with Crippen molar-refractivity contribution in [1.29, 1.82) is 0 Å². The number of unbranched alkanes of at least 4 members (excludes halogenated alkanes) is 41. The van der Waals surface area contributed by atoms with E-state index in [0.29, 0.717) is 25.7 Å². The molecule has 0 fully saturated rings. The fourth-order valence-electron chi connectivity index (χ4n) is 12.2. The molecule has 0 aliphatic heterocycles. The Morgan fingerprint density at radius 2 is 0.485 bits per heavy atom. The van der Waals surface area contributed by atoms with Gasteiger partial charge in [0.25, 0.3) is 0 Å². The first-order chi connectivity index (χ1) is 47.7. The van der Waals surface area contributed by atoms with Crippen LogP contribution in [0, 0.1) is 23.7 Å². The van der Waals surface area contributed by atoms with Crippen LogP contribution in [0.25, 0.3) is 0 Å². The maximum atomic E-state index is 13.1. The molecule has 0 aromatic carbocycles. The molecule has 7 atom stereocenters. The molecule has 0 aliphatic rings. The van der Waals surface area contributed by atoms with E-state index in [1.165, 1.54) is 205 Å². The highest BCUT2D eigenvalue weighted by Crippen LogP contribution is 2.45. The maximum absolute atomic E-state index is 13.1. The summed E-state index contributed by atoms with van der Waals surface area (Å²) in [5.74, 6) is 0.991. The number of carbonyl (C=O) groups is 4. The number of aliphatic hydroxyl groups excluding tert-OH is 1. The van der Waals surface area contributed by atoms with Crippen LogP contribution < -0.4 is 0 Å². The van der Waals surface area contributed by atoms with E-state index < -0.39 is 97.5 Å². The number of hydrogen-bond donors (Lipinski definition) is 3. The average molecular weight is 1450 g/mol. The zero-order valence-electron chi connectivity index (χ0n) is 65.1. The molecule has 19 heteroatoms. The van der Waals surface area contributed by atoms with E-state index in [2.05, 4.69) is 55.4 Å². The van der Waals surface area contributed by atoms with E-state index in [-0.39, 0.29) is 25.7 Å². The van der Waals surface area contributed by atoms with Crippen molar-refractivity contribution in [2.24, 2.45) is 23.7 Å². The number of phosphoric ester groups is 2. The van der Waals surface area contributed by atoms with Gasteiger partial charge >= 0.3 is 39.5 Å². The van der Waals surface area contributed by atoms with Crippen molar-refractivity contribution >= 4 is 39.5 Å². The Kier molecular flexibility index (Phi) is 67.8. The second-order valence-corrected chi connectivity index (χ2v) is 33.1. The molecule has 0 aromatic rings. The molecule has 0 heterocycles. The number of hydrogen-bond acceptors (Lipinski definition) is 15. The number of esters is 4. The van der Waals surface area contributed by atoms with Crippen LogP contribution in [0.5, 0.6) is 0 Å². The van der Waals surface area contributed by atoms with Crippen LogP contribution in [0.1, 0.15) is 409 Å². The van der Waals surface area contributed by atoms with Gasteiger partial charge < -0.3 is 33.8 Å². The van der Waals surface area contributed by atoms with Gasteiger partial charge in [0.15, 0.2) is 12.2 Å². The summed E-state index contributed by atoms with van der Waals surface area (Å²) in [7, 11) is -9.92. The number of rotatable bonds is 77. The molecule has 3 N–H and O–H groups in total. The van der Waals surface area contributed by atoms with E-state index in [9.17, 15) is 43.2 Å². The van der Waals surface area contributed by atoms with Gasteiger partial charge in [0, 0.05) is 25.7 Å². The molecular formula is C80H156O17P2. The predicted octanol–water partition coefficient (Wildman–Crippen LogP) is 23.6. The van der Waals surface area contributed by atoms with Crippen molar-refractivity contribution in [2.45, 2.75) is 427 Å². The summed E-state index contributed by atoms with van der Waals surface area (Å²) in [5, 5.41) is 10.6. The summed E-state index contributed by atoms with van der Waals surface area (Å²) < 4.78 is 68.6. The standard InChI is InChI=1S/C80H156O17P2/c1-9-72(7)58-50-42-34-30-31-37-47-55-63-80(85)97-76(67-91-78(83)61-53-45-39-38-43-51-59-73(8)10-2)69-95-99(88,89)93-65-74(81)64-92-98(86,87)94-68-75(96-79(84)62-54-46-36-29-25-21-17-19-23-27-33-41-49-57-71(5)6)66-90-77(82)60-52-44-35-28-24-20-16-14-12-11-13-15-18-22-26-32-40-48-56-70(3)4/h70-76,81H,9-69H2,1-8H3,(H,86,87)(H,88,89)/t72?,73?,74-,75-,76-/m1/s1. The van der Waals surface area contributed by atoms with E-state index >= 15 is 0 Å². The van der Waals surface area contributed by atoms with Crippen molar-refractivity contribution in [1.82, 2.24) is 0 Å². The number of ether oxygens (including phenoxy) is 4. The zero-order chi connectivity index (χ0) is 73.1. The smallest absolute Gasteiger partial charge is 0.462 e. The van der Waals surface area contributed by atoms with E-state index in [0.717, 1.165) is 120 Å². The fraction of sp³-hybridized carbons (Fsp3) is 0.950. The Bertz CT molecular complexity index is 1940. The Balaban J connectivity index is 5.21. The monoisotopic (exact) mass is 1450 g/mol. The summed E-state index contributed by atoms with van der Waals surface area (Å²) in [6, 6.07) is 0. The van der Waals surface area contributed by atoms with Gasteiger partial charge in [0.1, 0.15) is 19.3 Å². The van der Waals surface area contributed by atoms with E-state index in [1.54, 1.807) is 0 Å². The predicted molar refractivity (Wildman–Crippen MR) is 404 cm³/mol. The Labute approximate surface area is 607 Å². The van der Waals surface area contributed by atoms with Gasteiger partial charge in [-0.3, -0.25) is 37.3 Å². The van der Waals surface area contributed by atoms with Crippen molar-refractivity contribution < 1.29 is 80.2 Å². The SMILES string of the molecule is CCC(C)CCCCCCCCCCC(=O)O[C@H](COC(=O)CCCCCCCCC(C)CC)COP(=O)(O)OC[C@H](O)COP(=O)(O)OC[C@@H](COC(=O)CCCCCCCCCCCCCCCCCCCCC(C)C)OC(=O)CCCCCCCCCCCCCCCC(C)C. The normalized spacial score (nSPS) is 14.6. The van der Waals surface area contributed by atoms with Crippen LogP contribution in [0.4, 0.5) is 0 Å². The Hall–Kier alpha value is -1.94. The van der Waals surface area contributed by atoms with Gasteiger partial charge in [-0.2, -0.15) is 0 Å². The number of carbonyl (C=O) groups excluding carboxylic acids is 4. The van der Waals surface area contributed by atoms with Crippen molar-refractivity contribution in [3.63, 3.8) is 0 Å². The van der Waals surface area contributed by atoms with Crippen LogP contribution in [0.3, 0.4) is 0 Å². The van der Waals surface area contributed by atoms with Crippen molar-refractivity contribution in [3.8, 4) is 0 Å². The highest BCUT2D eigenvalue weighted by atomic mass is 31.2. The molecule has 0 bridgehead atoms. The van der Waals surface area contributed by atoms with Crippen LogP contribution in [-0.4, -0.2) is 96.7 Å². The molecule has 4 unspecified atom stereocenters. The van der Waals surface area contributed by atoms with Gasteiger partial charge in [0.05, 0.1) is 26.4 Å². The molecule has 588 valence electrons. The van der Waals surface area contributed by atoms with Gasteiger partial charge in [-0.25, -0.2) is 9.13 Å². The number of phosphoric acid groups is 2. The van der Waals surface area contributed by atoms with Gasteiger partial charge in [0.2, 0.25) is 0 Å². The molecule has 0 rings (SSSR count). The summed E-state index contributed by atoms with van der Waals surface area (Å²) in [6.45, 7) is 14.2. The second kappa shape index (κ2) is 69.1. The van der Waals surface area contributed by atoms with E-state index in [4.69, 9.17) is 37.0 Å². The Morgan fingerprint density at radius 3 is 0.717 bits per heavy atom. The lowest BCUT2D eigenvalue weighted by Crippen LogP contribution is -2.30. The lowest BCUT2D eigenvalue weighted by molar-refractivity contribution is -0.161. The van der Waals surface area contributed by atoms with Crippen molar-refractivity contribution in [2.75, 3.05) is 39.6 Å². The molecule has 17 nitrogen and oxygen atoms in total. The lowest BCUT2D eigenvalue weighted by atomic mass is 9.99. The molecule has 0 amide bonds. The topological polar surface area (TPSA) is 237 Å². The summed E-state index contributed by atoms with van der Waals surface area (Å²) in [6.07, 6.45) is 55.6. The van der Waals surface area contributed by atoms with Gasteiger partial charge in [-0.15, -0.1) is 0 Å². The highest BCUT2D eigenvalue weighted by molar-refractivity contribution is 7.47. The summed E-state index contributed by atoms with van der Waals surface area (Å²) in [5.41, 5.74) is 0. The van der Waals surface area contributed by atoms with Crippen LogP contribution in [-0.2, 0) is 65.4 Å². The lowest BCUT2D eigenvalue weighted by Gasteiger charge is -2.21. The Morgan fingerprint density at radius 1 is 0.283 bits per heavy atom. The molecule has 0 saturated carbocycles. The molecule has 0 aromatic heterocycles. The molecule has 0 spiro atoms. The quantitative estimate of drug-likeness (QED) is 0.0222. The summed E-state index contributed by atoms with van der Waals surface area (Å²) in [4.78, 5) is 72.9. The zero-order valence-corrected chi connectivity index (χ0v) is 66.9. The minimum atomic E-state index is -4.96. The first-order valence-electron chi connectivity index (χ1n) is 41.3. The summed E-state index contributed by atoms with van der Waals surface area (Å²) >= 11 is 0. The third-order valence-electron chi connectivity index (χ3n) is 19.3. The van der Waals surface area contributed by atoms with E-state index in [1.807, 2.05) is 0 Å². The molecule has 0 radical (unpaired) electrons. The van der Waals surface area contributed by atoms with Crippen molar-refractivity contribution in [3.05, 3.63) is 0 Å². The third-order valence-corrected chi connectivity index (χ3v) is 21.2. The first kappa shape index (κ1) is 97.1. The first-order valence-corrected chi connectivity index (χ1v) is 44.3. The minimum absolute atomic E-state index is 0.104. The highest BCUT2D eigenvalue weighted by Gasteiger charge is 2.30. The van der Waals surface area contributed by atoms with Crippen LogP contribution in [0.15, 0.2) is 0 Å². The van der Waals surface area contributed by atoms with Gasteiger partial charge in [-0.1, -0.05) is 357 Å². The van der Waals surface area contributed by atoms with Crippen LogP contribution >= 0.6 is 15.6 Å². The second-order valence-electron chi connectivity index (χ2n) is 30.2. The molecule has 0 saturated heterocycles. The largest absolute Gasteiger partial charge is 0.472 e. The van der Waals surface area contributed by atoms with Crippen LogP contribution in [0.2, 0.25) is 0 Å². The van der Waals surface area contributed by atoms with Gasteiger partial charge in [-0.05, 0) is 49.4 Å². The third kappa shape index (κ3) is 71.5. The minimum Gasteiger partial charge on any atom is -0.462 e. The molecule has 99 heavy (non-hydrogen) atoms. The number of aliphatic hydroxyl groups is 1. The maximum Gasteiger partial charge on any atom is 0.472 e. The fourth-order valence-corrected chi connectivity index (χ4v) is 13.8.